The molecule has 0 radical (unpaired) electrons. The van der Waals surface area contributed by atoms with Gasteiger partial charge in [-0.2, -0.15) is 0 Å². The first kappa shape index (κ1) is 21.4. The van der Waals surface area contributed by atoms with Crippen molar-refractivity contribution in [2.75, 3.05) is 26.7 Å². The van der Waals surface area contributed by atoms with Crippen molar-refractivity contribution in [1.29, 1.82) is 0 Å². The summed E-state index contributed by atoms with van der Waals surface area (Å²) in [7, 11) is 1.60. The zero-order chi connectivity index (χ0) is 23.1. The van der Waals surface area contributed by atoms with Crippen molar-refractivity contribution in [2.24, 2.45) is 0 Å². The number of methoxy groups -OCH3 is 1. The molecular weight excluding hydrogens is 420 g/mol. The van der Waals surface area contributed by atoms with Crippen LogP contribution in [-0.2, 0) is 0 Å². The fourth-order valence-corrected chi connectivity index (χ4v) is 4.89. The smallest absolute Gasteiger partial charge is 0.290 e. The summed E-state index contributed by atoms with van der Waals surface area (Å²) in [5.74, 6) is 1.42. The molecule has 33 heavy (non-hydrogen) atoms. The minimum atomic E-state index is -0.241. The second-order valence-electron chi connectivity index (χ2n) is 8.80. The van der Waals surface area contributed by atoms with Crippen molar-refractivity contribution >= 4 is 22.8 Å². The number of fused-ring (bicyclic) bond motifs is 1. The van der Waals surface area contributed by atoms with Crippen LogP contribution in [0.4, 0.5) is 0 Å². The minimum absolute atomic E-state index is 0.00997. The number of hydrogen-bond donors (Lipinski definition) is 0. The molecule has 2 aliphatic heterocycles. The zero-order valence-corrected chi connectivity index (χ0v) is 19.3. The molecule has 2 amide bonds. The van der Waals surface area contributed by atoms with Crippen LogP contribution in [0.2, 0.25) is 0 Å². The van der Waals surface area contributed by atoms with Crippen molar-refractivity contribution in [3.05, 3.63) is 52.8 Å². The minimum Gasteiger partial charge on any atom is -0.497 e. The third-order valence-corrected chi connectivity index (χ3v) is 6.77. The van der Waals surface area contributed by atoms with Gasteiger partial charge in [0.15, 0.2) is 11.6 Å². The predicted octanol–water partition coefficient (Wildman–Crippen LogP) is 4.06. The Labute approximate surface area is 192 Å². The maximum Gasteiger partial charge on any atom is 0.290 e. The fraction of sp³-hybridized carbons (Fsp3) is 0.440. The highest BCUT2D eigenvalue weighted by Crippen LogP contribution is 2.35. The molecular formula is C25H28N4O4. The number of hydrogen-bond acceptors (Lipinski definition) is 6. The van der Waals surface area contributed by atoms with Crippen molar-refractivity contribution in [3.63, 3.8) is 0 Å². The molecule has 172 valence electrons. The van der Waals surface area contributed by atoms with E-state index in [1.807, 2.05) is 30.9 Å². The second-order valence-corrected chi connectivity index (χ2v) is 8.80. The fourth-order valence-electron chi connectivity index (χ4n) is 4.89. The topological polar surface area (TPSA) is 88.8 Å². The average molecular weight is 449 g/mol. The molecule has 0 unspecified atom stereocenters. The van der Waals surface area contributed by atoms with E-state index in [0.717, 1.165) is 49.7 Å². The highest BCUT2D eigenvalue weighted by molar-refractivity contribution is 5.99. The Morgan fingerprint density at radius 3 is 2.61 bits per heavy atom. The van der Waals surface area contributed by atoms with Gasteiger partial charge in [-0.05, 0) is 51.7 Å². The van der Waals surface area contributed by atoms with E-state index in [1.165, 1.54) is 0 Å². The summed E-state index contributed by atoms with van der Waals surface area (Å²) in [6.45, 7) is 5.92. The van der Waals surface area contributed by atoms with Crippen LogP contribution in [0.1, 0.15) is 69.7 Å². The van der Waals surface area contributed by atoms with Gasteiger partial charge in [-0.1, -0.05) is 0 Å². The number of ether oxygens (including phenoxy) is 1. The second kappa shape index (κ2) is 8.50. The van der Waals surface area contributed by atoms with Gasteiger partial charge in [0.2, 0.25) is 0 Å². The van der Waals surface area contributed by atoms with Gasteiger partial charge >= 0.3 is 0 Å². The van der Waals surface area contributed by atoms with Gasteiger partial charge in [0.05, 0.1) is 24.4 Å². The average Bonchev–Trinajstić information content (AvgIpc) is 3.58. The lowest BCUT2D eigenvalue weighted by Crippen LogP contribution is -2.32. The first-order valence-corrected chi connectivity index (χ1v) is 11.5. The van der Waals surface area contributed by atoms with Gasteiger partial charge in [0.25, 0.3) is 11.8 Å². The number of aromatic nitrogens is 2. The molecule has 4 heterocycles. The highest BCUT2D eigenvalue weighted by atomic mass is 16.5. The number of furan rings is 1. The molecule has 1 aromatic carbocycles. The molecule has 2 saturated heterocycles. The number of rotatable bonds is 4. The quantitative estimate of drug-likeness (QED) is 0.598. The normalized spacial score (nSPS) is 18.3. The summed E-state index contributed by atoms with van der Waals surface area (Å²) < 4.78 is 11.2. The Balaban J connectivity index is 1.42. The summed E-state index contributed by atoms with van der Waals surface area (Å²) in [4.78, 5) is 39.1. The summed E-state index contributed by atoms with van der Waals surface area (Å²) in [5.41, 5.74) is 2.64. The lowest BCUT2D eigenvalue weighted by atomic mass is 10.1. The molecule has 8 heteroatoms. The van der Waals surface area contributed by atoms with E-state index in [-0.39, 0.29) is 17.9 Å². The maximum absolute atomic E-state index is 13.5. The van der Waals surface area contributed by atoms with E-state index in [9.17, 15) is 9.59 Å². The van der Waals surface area contributed by atoms with Crippen LogP contribution in [0, 0.1) is 13.8 Å². The molecule has 5 rings (SSSR count). The van der Waals surface area contributed by atoms with Gasteiger partial charge in [-0.25, -0.2) is 9.97 Å². The third kappa shape index (κ3) is 3.73. The Kier molecular flexibility index (Phi) is 5.52. The van der Waals surface area contributed by atoms with Crippen molar-refractivity contribution < 1.29 is 18.7 Å². The molecule has 2 fully saturated rings. The Morgan fingerprint density at radius 2 is 1.88 bits per heavy atom. The summed E-state index contributed by atoms with van der Waals surface area (Å²) in [6.07, 6.45) is 5.34. The van der Waals surface area contributed by atoms with Crippen LogP contribution in [0.5, 0.6) is 5.75 Å². The standard InChI is InChI=1S/C25H28N4O4/c1-15-18-9-8-17(32-3)13-21(18)33-22(15)25(31)29-12-6-7-20(29)23-26-14-19(16(2)27-23)24(30)28-10-4-5-11-28/h8-9,13-14,20H,4-7,10-12H2,1-3H3/t20-/m1/s1. The van der Waals surface area contributed by atoms with Crippen LogP contribution in [0.25, 0.3) is 11.0 Å². The van der Waals surface area contributed by atoms with Crippen molar-refractivity contribution in [2.45, 2.75) is 45.6 Å². The number of likely N-dealkylation sites (tertiary alicyclic amines) is 2. The first-order valence-electron chi connectivity index (χ1n) is 11.5. The lowest BCUT2D eigenvalue weighted by Gasteiger charge is -2.23. The van der Waals surface area contributed by atoms with Crippen LogP contribution < -0.4 is 4.74 Å². The Morgan fingerprint density at radius 1 is 1.09 bits per heavy atom. The molecule has 1 atom stereocenters. The largest absolute Gasteiger partial charge is 0.497 e. The number of carbonyl (C=O) groups excluding carboxylic acids is 2. The monoisotopic (exact) mass is 448 g/mol. The van der Waals surface area contributed by atoms with E-state index >= 15 is 0 Å². The predicted molar refractivity (Wildman–Crippen MR) is 122 cm³/mol. The van der Waals surface area contributed by atoms with E-state index in [1.54, 1.807) is 24.3 Å². The van der Waals surface area contributed by atoms with Gasteiger partial charge in [-0.3, -0.25) is 9.59 Å². The number of aryl methyl sites for hydroxylation is 2. The molecule has 0 N–H and O–H groups in total. The Hall–Kier alpha value is -3.42. The summed E-state index contributed by atoms with van der Waals surface area (Å²) in [5, 5.41) is 0.895. The summed E-state index contributed by atoms with van der Waals surface area (Å²) >= 11 is 0. The number of benzene rings is 1. The molecule has 2 aliphatic rings. The first-order chi connectivity index (χ1) is 16.0. The number of carbonyl (C=O) groups is 2. The van der Waals surface area contributed by atoms with Gasteiger partial charge < -0.3 is 19.0 Å². The van der Waals surface area contributed by atoms with Crippen LogP contribution in [0.3, 0.4) is 0 Å². The molecule has 8 nitrogen and oxygen atoms in total. The van der Waals surface area contributed by atoms with Crippen molar-refractivity contribution in [3.8, 4) is 5.75 Å². The van der Waals surface area contributed by atoms with E-state index in [4.69, 9.17) is 9.15 Å². The third-order valence-electron chi connectivity index (χ3n) is 6.77. The summed E-state index contributed by atoms with van der Waals surface area (Å²) in [6, 6.07) is 5.32. The van der Waals surface area contributed by atoms with Gasteiger partial charge in [0, 0.05) is 42.8 Å². The van der Waals surface area contributed by atoms with E-state index < -0.39 is 0 Å². The van der Waals surface area contributed by atoms with Crippen LogP contribution in [-0.4, -0.2) is 58.3 Å². The van der Waals surface area contributed by atoms with E-state index in [2.05, 4.69) is 9.97 Å². The van der Waals surface area contributed by atoms with Gasteiger partial charge in [-0.15, -0.1) is 0 Å². The van der Waals surface area contributed by atoms with Gasteiger partial charge in [0.1, 0.15) is 11.3 Å². The molecule has 0 spiro atoms. The molecule has 0 aliphatic carbocycles. The number of nitrogens with zero attached hydrogens (tertiary/aromatic N) is 4. The van der Waals surface area contributed by atoms with E-state index in [0.29, 0.717) is 40.7 Å². The van der Waals surface area contributed by atoms with Crippen LogP contribution in [0.15, 0.2) is 28.8 Å². The molecule has 2 aromatic heterocycles. The maximum atomic E-state index is 13.5. The van der Waals surface area contributed by atoms with Crippen LogP contribution >= 0.6 is 0 Å². The van der Waals surface area contributed by atoms with Crippen molar-refractivity contribution in [1.82, 2.24) is 19.8 Å². The lowest BCUT2D eigenvalue weighted by molar-refractivity contribution is 0.0697. The molecule has 0 saturated carbocycles. The zero-order valence-electron chi connectivity index (χ0n) is 19.3. The SMILES string of the molecule is COc1ccc2c(C)c(C(=O)N3CCC[C@@H]3c3ncc(C(=O)N4CCCC4)c(C)n3)oc2c1. The number of amides is 2. The highest BCUT2D eigenvalue weighted by Gasteiger charge is 2.35. The molecule has 3 aromatic rings. The molecule has 0 bridgehead atoms. The Bertz CT molecular complexity index is 1230.